The van der Waals surface area contributed by atoms with Gasteiger partial charge in [-0.15, -0.1) is 24.0 Å². The summed E-state index contributed by atoms with van der Waals surface area (Å²) in [7, 11) is 1.93. The quantitative estimate of drug-likeness (QED) is 0.360. The summed E-state index contributed by atoms with van der Waals surface area (Å²) in [5, 5.41) is 3.69. The number of fused-ring (bicyclic) bond motifs is 2. The molecule has 0 aromatic carbocycles. The highest BCUT2D eigenvalue weighted by Crippen LogP contribution is 2.46. The minimum atomic E-state index is 0. The van der Waals surface area contributed by atoms with Crippen molar-refractivity contribution in [3.8, 4) is 0 Å². The Kier molecular flexibility index (Phi) is 8.01. The van der Waals surface area contributed by atoms with Crippen LogP contribution >= 0.6 is 35.7 Å². The van der Waals surface area contributed by atoms with E-state index in [4.69, 9.17) is 4.74 Å². The highest BCUT2D eigenvalue weighted by Gasteiger charge is 2.43. The van der Waals surface area contributed by atoms with Crippen molar-refractivity contribution in [1.29, 1.82) is 0 Å². The lowest BCUT2D eigenvalue weighted by atomic mass is 9.93. The lowest BCUT2D eigenvalue weighted by molar-refractivity contribution is 0.0774. The molecule has 156 valence electrons. The van der Waals surface area contributed by atoms with Crippen molar-refractivity contribution in [2.45, 2.75) is 49.3 Å². The zero-order valence-corrected chi connectivity index (χ0v) is 20.1. The number of hydrogen-bond donors (Lipinski definition) is 1. The molecule has 5 nitrogen and oxygen atoms in total. The van der Waals surface area contributed by atoms with Gasteiger partial charge in [-0.3, -0.25) is 9.89 Å². The number of rotatable bonds is 4. The molecule has 2 saturated carbocycles. The van der Waals surface area contributed by atoms with Gasteiger partial charge in [0.05, 0.1) is 0 Å². The summed E-state index contributed by atoms with van der Waals surface area (Å²) in [4.78, 5) is 9.85. The van der Waals surface area contributed by atoms with Gasteiger partial charge in [0.25, 0.3) is 0 Å². The summed E-state index contributed by atoms with van der Waals surface area (Å²) in [5.41, 5.74) is 0. The third kappa shape index (κ3) is 4.89. The first kappa shape index (κ1) is 22.0. The Morgan fingerprint density at radius 1 is 1.15 bits per heavy atom. The molecule has 1 N–H and O–H groups in total. The molecule has 7 heteroatoms. The Balaban J connectivity index is 0.00000210. The Morgan fingerprint density at radius 3 is 2.44 bits per heavy atom. The standard InChI is InChI=1S/C20H36N4OS.HI/c1-21-19(22-15-20(26-2)5-11-25-12-6-20)24-9-7-23(8-10-24)18-14-16-3-4-17(18)13-16;/h16-18H,3-15H2,1-2H3,(H,21,22);1H. The van der Waals surface area contributed by atoms with Crippen LogP contribution in [0.1, 0.15) is 38.5 Å². The largest absolute Gasteiger partial charge is 0.381 e. The van der Waals surface area contributed by atoms with Gasteiger partial charge in [-0.2, -0.15) is 11.8 Å². The van der Waals surface area contributed by atoms with Gasteiger partial charge in [0.2, 0.25) is 0 Å². The van der Waals surface area contributed by atoms with Crippen LogP contribution in [-0.4, -0.2) is 85.8 Å². The first-order valence-corrected chi connectivity index (χ1v) is 11.8. The number of piperazine rings is 1. The van der Waals surface area contributed by atoms with E-state index in [1.54, 1.807) is 0 Å². The smallest absolute Gasteiger partial charge is 0.193 e. The Labute approximate surface area is 186 Å². The average molecular weight is 509 g/mol. The van der Waals surface area contributed by atoms with Crippen molar-refractivity contribution in [2.75, 3.05) is 59.2 Å². The minimum absolute atomic E-state index is 0. The molecule has 3 atom stereocenters. The third-order valence-corrected chi connectivity index (χ3v) is 8.82. The second kappa shape index (κ2) is 9.85. The molecule has 4 rings (SSSR count). The fourth-order valence-corrected chi connectivity index (χ4v) is 6.48. The molecule has 3 unspecified atom stereocenters. The molecular weight excluding hydrogens is 471 g/mol. The summed E-state index contributed by atoms with van der Waals surface area (Å²) in [6.45, 7) is 7.42. The van der Waals surface area contributed by atoms with Crippen molar-refractivity contribution in [2.24, 2.45) is 16.8 Å². The fourth-order valence-electron chi connectivity index (χ4n) is 5.69. The van der Waals surface area contributed by atoms with Crippen LogP contribution in [0.2, 0.25) is 0 Å². The molecule has 0 aromatic rings. The molecule has 0 radical (unpaired) electrons. The number of hydrogen-bond acceptors (Lipinski definition) is 4. The number of aliphatic imine (C=N–C) groups is 1. The topological polar surface area (TPSA) is 40.1 Å². The van der Waals surface area contributed by atoms with Gasteiger partial charge < -0.3 is 15.0 Å². The highest BCUT2D eigenvalue weighted by molar-refractivity contribution is 14.0. The van der Waals surface area contributed by atoms with Gasteiger partial charge >= 0.3 is 0 Å². The van der Waals surface area contributed by atoms with Crippen LogP contribution < -0.4 is 5.32 Å². The van der Waals surface area contributed by atoms with Crippen LogP contribution in [0.5, 0.6) is 0 Å². The van der Waals surface area contributed by atoms with Crippen LogP contribution in [-0.2, 0) is 4.74 Å². The van der Waals surface area contributed by atoms with Crippen molar-refractivity contribution in [3.63, 3.8) is 0 Å². The molecule has 27 heavy (non-hydrogen) atoms. The SMILES string of the molecule is CN=C(NCC1(SC)CCOCC1)N1CCN(C2CC3CCC2C3)CC1.I. The average Bonchev–Trinajstić information content (AvgIpc) is 3.33. The number of nitrogens with zero attached hydrogens (tertiary/aromatic N) is 3. The number of guanidine groups is 1. The van der Waals surface area contributed by atoms with E-state index < -0.39 is 0 Å². The lowest BCUT2D eigenvalue weighted by Crippen LogP contribution is -2.57. The summed E-state index contributed by atoms with van der Waals surface area (Å²) in [6.07, 6.45) is 10.5. The monoisotopic (exact) mass is 508 g/mol. The molecule has 0 amide bonds. The van der Waals surface area contributed by atoms with Gasteiger partial charge in [-0.1, -0.05) is 6.42 Å². The predicted molar refractivity (Wildman–Crippen MR) is 125 cm³/mol. The number of ether oxygens (including phenoxy) is 1. The van der Waals surface area contributed by atoms with Crippen molar-refractivity contribution >= 4 is 41.7 Å². The van der Waals surface area contributed by atoms with E-state index in [1.165, 1.54) is 38.8 Å². The number of halogens is 1. The fraction of sp³-hybridized carbons (Fsp3) is 0.950. The predicted octanol–water partition coefficient (Wildman–Crippen LogP) is 2.90. The normalized spacial score (nSPS) is 33.8. The molecule has 2 saturated heterocycles. The van der Waals surface area contributed by atoms with Crippen molar-refractivity contribution < 1.29 is 4.74 Å². The van der Waals surface area contributed by atoms with E-state index in [1.807, 2.05) is 18.8 Å². The van der Waals surface area contributed by atoms with E-state index in [0.29, 0.717) is 4.75 Å². The van der Waals surface area contributed by atoms with E-state index in [9.17, 15) is 0 Å². The molecule has 2 aliphatic heterocycles. The van der Waals surface area contributed by atoms with E-state index in [0.717, 1.165) is 69.5 Å². The molecule has 4 aliphatic rings. The highest BCUT2D eigenvalue weighted by atomic mass is 127. The first-order chi connectivity index (χ1) is 12.7. The van der Waals surface area contributed by atoms with Crippen molar-refractivity contribution in [1.82, 2.24) is 15.1 Å². The van der Waals surface area contributed by atoms with Crippen LogP contribution in [0.25, 0.3) is 0 Å². The molecule has 0 aromatic heterocycles. The number of nitrogens with one attached hydrogen (secondary N) is 1. The van der Waals surface area contributed by atoms with Crippen molar-refractivity contribution in [3.05, 3.63) is 0 Å². The Hall–Kier alpha value is 0.270. The molecule has 2 aliphatic carbocycles. The van der Waals surface area contributed by atoms with E-state index in [-0.39, 0.29) is 24.0 Å². The van der Waals surface area contributed by atoms with Gasteiger partial charge in [-0.25, -0.2) is 0 Å². The zero-order valence-electron chi connectivity index (χ0n) is 17.0. The van der Waals surface area contributed by atoms with E-state index in [2.05, 4.69) is 26.4 Å². The van der Waals surface area contributed by atoms with Gasteiger partial charge in [0, 0.05) is 63.8 Å². The maximum atomic E-state index is 5.57. The molecule has 4 fully saturated rings. The van der Waals surface area contributed by atoms with Gasteiger partial charge in [0.1, 0.15) is 0 Å². The maximum absolute atomic E-state index is 5.57. The Morgan fingerprint density at radius 2 is 1.89 bits per heavy atom. The zero-order chi connectivity index (χ0) is 18.0. The summed E-state index contributed by atoms with van der Waals surface area (Å²) in [5.74, 6) is 3.14. The Bertz CT molecular complexity index is 506. The van der Waals surface area contributed by atoms with E-state index >= 15 is 0 Å². The van der Waals surface area contributed by atoms with Gasteiger partial charge in [0.15, 0.2) is 5.96 Å². The summed E-state index contributed by atoms with van der Waals surface area (Å²) in [6, 6.07) is 0.882. The van der Waals surface area contributed by atoms with Crippen LogP contribution in [0.3, 0.4) is 0 Å². The summed E-state index contributed by atoms with van der Waals surface area (Å²) < 4.78 is 5.87. The second-order valence-corrected chi connectivity index (χ2v) is 9.94. The summed E-state index contributed by atoms with van der Waals surface area (Å²) >= 11 is 1.99. The molecular formula is C20H37IN4OS. The minimum Gasteiger partial charge on any atom is -0.381 e. The lowest BCUT2D eigenvalue weighted by Gasteiger charge is -2.42. The molecule has 2 heterocycles. The molecule has 0 spiro atoms. The molecule has 2 bridgehead atoms. The third-order valence-electron chi connectivity index (χ3n) is 7.40. The van der Waals surface area contributed by atoms with Crippen LogP contribution in [0.4, 0.5) is 0 Å². The maximum Gasteiger partial charge on any atom is 0.193 e. The van der Waals surface area contributed by atoms with Gasteiger partial charge in [-0.05, 0) is 50.2 Å². The second-order valence-electron chi connectivity index (χ2n) is 8.67. The van der Waals surface area contributed by atoms with Crippen LogP contribution in [0.15, 0.2) is 4.99 Å². The first-order valence-electron chi connectivity index (χ1n) is 10.6. The van der Waals surface area contributed by atoms with Crippen LogP contribution in [0, 0.1) is 11.8 Å². The number of thioether (sulfide) groups is 1.